The maximum absolute atomic E-state index is 12.4. The molecule has 2 rings (SSSR count). The average molecular weight is 418 g/mol. The molecule has 0 atom stereocenters. The number of sulfonamides is 1. The van der Waals surface area contributed by atoms with Crippen LogP contribution in [0, 0.1) is 0 Å². The van der Waals surface area contributed by atoms with E-state index in [1.807, 2.05) is 29.0 Å². The van der Waals surface area contributed by atoms with Gasteiger partial charge in [-0.1, -0.05) is 42.5 Å². The van der Waals surface area contributed by atoms with Gasteiger partial charge >= 0.3 is 0 Å². The lowest BCUT2D eigenvalue weighted by atomic mass is 10.0. The number of aryl methyl sites for hydroxylation is 1. The van der Waals surface area contributed by atoms with E-state index in [0.29, 0.717) is 25.1 Å². The Morgan fingerprint density at radius 2 is 1.69 bits per heavy atom. The van der Waals surface area contributed by atoms with E-state index in [-0.39, 0.29) is 10.8 Å². The highest BCUT2D eigenvalue weighted by Crippen LogP contribution is 2.27. The van der Waals surface area contributed by atoms with Crippen LogP contribution in [0.3, 0.4) is 0 Å². The fraction of sp³-hybridized carbons (Fsp3) is 0.333. The zero-order valence-corrected chi connectivity index (χ0v) is 17.3. The third-order valence-corrected chi connectivity index (χ3v) is 5.80. The van der Waals surface area contributed by atoms with Crippen LogP contribution in [0.5, 0.6) is 0 Å². The molecule has 0 aromatic heterocycles. The second kappa shape index (κ2) is 10.7. The van der Waals surface area contributed by atoms with Gasteiger partial charge in [0.1, 0.15) is 0 Å². The van der Waals surface area contributed by atoms with Crippen LogP contribution in [-0.4, -0.2) is 33.3 Å². The van der Waals surface area contributed by atoms with Crippen molar-refractivity contribution >= 4 is 21.8 Å². The lowest BCUT2D eigenvalue weighted by molar-refractivity contribution is -0.121. The van der Waals surface area contributed by atoms with Crippen LogP contribution in [0.15, 0.2) is 53.4 Å². The zero-order chi connectivity index (χ0) is 21.3. The molecule has 2 aromatic carbocycles. The predicted octanol–water partition coefficient (Wildman–Crippen LogP) is 1.97. The number of amides is 2. The highest BCUT2D eigenvalue weighted by Gasteiger charge is 2.20. The van der Waals surface area contributed by atoms with Gasteiger partial charge in [-0.25, -0.2) is 13.1 Å². The third kappa shape index (κ3) is 6.99. The summed E-state index contributed by atoms with van der Waals surface area (Å²) in [5, 5.41) is 2.75. The monoisotopic (exact) mass is 417 g/mol. The van der Waals surface area contributed by atoms with Crippen molar-refractivity contribution in [3.05, 3.63) is 54.1 Å². The summed E-state index contributed by atoms with van der Waals surface area (Å²) < 4.78 is 26.9. The fourth-order valence-electron chi connectivity index (χ4n) is 2.95. The Hall–Kier alpha value is -2.71. The number of carbonyl (C=O) groups is 2. The Kier molecular flexibility index (Phi) is 8.35. The summed E-state index contributed by atoms with van der Waals surface area (Å²) in [6.45, 7) is 2.10. The Morgan fingerprint density at radius 3 is 2.34 bits per heavy atom. The minimum atomic E-state index is -3.93. The Bertz CT molecular complexity index is 941. The van der Waals surface area contributed by atoms with Crippen LogP contribution in [0.2, 0.25) is 0 Å². The minimum Gasteiger partial charge on any atom is -0.355 e. The molecule has 0 aliphatic rings. The summed E-state index contributed by atoms with van der Waals surface area (Å²) in [6, 6.07) is 14.2. The Morgan fingerprint density at radius 1 is 1.00 bits per heavy atom. The van der Waals surface area contributed by atoms with E-state index in [1.165, 1.54) is 6.07 Å². The number of rotatable bonds is 10. The maximum atomic E-state index is 12.4. The van der Waals surface area contributed by atoms with Gasteiger partial charge in [0.2, 0.25) is 11.8 Å². The molecule has 0 saturated carbocycles. The van der Waals surface area contributed by atoms with Crippen molar-refractivity contribution in [2.75, 3.05) is 13.1 Å². The number of benzene rings is 2. The first-order valence-electron chi connectivity index (χ1n) is 9.52. The van der Waals surface area contributed by atoms with E-state index in [4.69, 9.17) is 5.73 Å². The molecule has 0 bridgehead atoms. The average Bonchev–Trinajstić information content (AvgIpc) is 2.69. The molecule has 0 aliphatic carbocycles. The molecule has 0 heterocycles. The van der Waals surface area contributed by atoms with Crippen LogP contribution in [0.1, 0.15) is 31.7 Å². The Labute approximate surface area is 171 Å². The van der Waals surface area contributed by atoms with Gasteiger partial charge in [0.25, 0.3) is 10.0 Å². The first kappa shape index (κ1) is 22.6. The molecule has 0 radical (unpaired) electrons. The molecule has 0 fully saturated rings. The number of unbranched alkanes of at least 4 members (excludes halogenated alkanes) is 1. The highest BCUT2D eigenvalue weighted by molar-refractivity contribution is 7.90. The number of hydrogen-bond acceptors (Lipinski definition) is 5. The molecule has 0 aliphatic heterocycles. The van der Waals surface area contributed by atoms with Crippen LogP contribution >= 0.6 is 0 Å². The van der Waals surface area contributed by atoms with Crippen molar-refractivity contribution in [3.8, 4) is 11.1 Å². The predicted molar refractivity (Wildman–Crippen MR) is 112 cm³/mol. The summed E-state index contributed by atoms with van der Waals surface area (Å²) in [7, 11) is -3.93. The standard InChI is InChI=1S/C21H27N3O4S/c1-16(25)24-29(27,28)20-8-4-3-7-19(20)18-12-10-17(11-13-18)6-2-5-9-21(26)23-15-14-22/h3-4,7-8,10-13H,2,5-6,9,14-15,22H2,1H3,(H,23,26)(H,24,25). The van der Waals surface area contributed by atoms with Crippen LogP contribution < -0.4 is 15.8 Å². The third-order valence-electron chi connectivity index (χ3n) is 4.31. The van der Waals surface area contributed by atoms with E-state index in [1.54, 1.807) is 18.2 Å². The van der Waals surface area contributed by atoms with E-state index < -0.39 is 15.9 Å². The molecule has 8 heteroatoms. The largest absolute Gasteiger partial charge is 0.355 e. The summed E-state index contributed by atoms with van der Waals surface area (Å²) in [4.78, 5) is 22.8. The van der Waals surface area contributed by atoms with Gasteiger partial charge in [-0.05, 0) is 36.5 Å². The van der Waals surface area contributed by atoms with E-state index in [9.17, 15) is 18.0 Å². The van der Waals surface area contributed by atoms with Gasteiger partial charge in [0, 0.05) is 32.0 Å². The topological polar surface area (TPSA) is 118 Å². The quantitative estimate of drug-likeness (QED) is 0.511. The lowest BCUT2D eigenvalue weighted by Crippen LogP contribution is -2.28. The van der Waals surface area contributed by atoms with E-state index in [2.05, 4.69) is 5.32 Å². The van der Waals surface area contributed by atoms with Gasteiger partial charge in [-0.15, -0.1) is 0 Å². The summed E-state index contributed by atoms with van der Waals surface area (Å²) in [5.41, 5.74) is 7.74. The van der Waals surface area contributed by atoms with Crippen molar-refractivity contribution in [2.45, 2.75) is 37.5 Å². The highest BCUT2D eigenvalue weighted by atomic mass is 32.2. The van der Waals surface area contributed by atoms with Crippen molar-refractivity contribution < 1.29 is 18.0 Å². The number of hydrogen-bond donors (Lipinski definition) is 3. The summed E-state index contributed by atoms with van der Waals surface area (Å²) in [5.74, 6) is -0.616. The molecule has 2 aromatic rings. The molecule has 29 heavy (non-hydrogen) atoms. The fourth-order valence-corrected chi connectivity index (χ4v) is 4.17. The molecule has 0 unspecified atom stereocenters. The lowest BCUT2D eigenvalue weighted by Gasteiger charge is -2.11. The molecule has 0 saturated heterocycles. The van der Waals surface area contributed by atoms with E-state index in [0.717, 1.165) is 37.3 Å². The summed E-state index contributed by atoms with van der Waals surface area (Å²) in [6.07, 6.45) is 2.97. The van der Waals surface area contributed by atoms with Crippen LogP contribution in [0.4, 0.5) is 0 Å². The van der Waals surface area contributed by atoms with Crippen molar-refractivity contribution in [1.29, 1.82) is 0 Å². The van der Waals surface area contributed by atoms with Crippen molar-refractivity contribution in [1.82, 2.24) is 10.0 Å². The molecule has 7 nitrogen and oxygen atoms in total. The molecule has 2 amide bonds. The number of carbonyl (C=O) groups excluding carboxylic acids is 2. The SMILES string of the molecule is CC(=O)NS(=O)(=O)c1ccccc1-c1ccc(CCCCC(=O)NCCN)cc1. The van der Waals surface area contributed by atoms with Crippen molar-refractivity contribution in [2.24, 2.45) is 5.73 Å². The maximum Gasteiger partial charge on any atom is 0.264 e. The van der Waals surface area contributed by atoms with Crippen LogP contribution in [-0.2, 0) is 26.0 Å². The first-order valence-corrected chi connectivity index (χ1v) is 11.0. The van der Waals surface area contributed by atoms with Gasteiger partial charge in [0.05, 0.1) is 4.90 Å². The first-order chi connectivity index (χ1) is 13.8. The van der Waals surface area contributed by atoms with E-state index >= 15 is 0 Å². The molecule has 156 valence electrons. The molecule has 0 spiro atoms. The molecular weight excluding hydrogens is 390 g/mol. The van der Waals surface area contributed by atoms with Gasteiger partial charge in [0.15, 0.2) is 0 Å². The smallest absolute Gasteiger partial charge is 0.264 e. The zero-order valence-electron chi connectivity index (χ0n) is 16.5. The van der Waals surface area contributed by atoms with Gasteiger partial charge < -0.3 is 11.1 Å². The second-order valence-electron chi connectivity index (χ2n) is 6.70. The number of nitrogens with one attached hydrogen (secondary N) is 2. The Balaban J connectivity index is 2.02. The normalized spacial score (nSPS) is 11.1. The minimum absolute atomic E-state index is 0.0165. The summed E-state index contributed by atoms with van der Waals surface area (Å²) >= 11 is 0. The number of nitrogens with two attached hydrogens (primary N) is 1. The van der Waals surface area contributed by atoms with Gasteiger partial charge in [-0.3, -0.25) is 9.59 Å². The second-order valence-corrected chi connectivity index (χ2v) is 8.35. The van der Waals surface area contributed by atoms with Crippen molar-refractivity contribution in [3.63, 3.8) is 0 Å². The van der Waals surface area contributed by atoms with Gasteiger partial charge in [-0.2, -0.15) is 0 Å². The molecular formula is C21H27N3O4S. The molecule has 4 N–H and O–H groups in total. The van der Waals surface area contributed by atoms with Crippen LogP contribution in [0.25, 0.3) is 11.1 Å².